The number of hydrogen-bond donors (Lipinski definition) is 0. The molecule has 0 atom stereocenters. The normalized spacial score (nSPS) is 18.0. The van der Waals surface area contributed by atoms with Crippen LogP contribution < -0.4 is 0 Å². The molecule has 0 bridgehead atoms. The topological polar surface area (TPSA) is 12.5 Å². The maximum absolute atomic E-state index is 6.21. The SMILES string of the molecule is Clc1c(Br)cccc1CN1CCOCC1. The fourth-order valence-corrected chi connectivity index (χ4v) is 2.26. The second-order valence-corrected chi connectivity index (χ2v) is 4.83. The van der Waals surface area contributed by atoms with Crippen molar-refractivity contribution in [1.29, 1.82) is 0 Å². The van der Waals surface area contributed by atoms with Gasteiger partial charge in [0.1, 0.15) is 0 Å². The molecule has 0 saturated carbocycles. The van der Waals surface area contributed by atoms with Crippen molar-refractivity contribution in [3.63, 3.8) is 0 Å². The maximum Gasteiger partial charge on any atom is 0.0594 e. The minimum atomic E-state index is 0.823. The first-order valence-electron chi connectivity index (χ1n) is 5.00. The van der Waals surface area contributed by atoms with Crippen LogP contribution in [0.25, 0.3) is 0 Å². The third-order valence-electron chi connectivity index (χ3n) is 2.53. The van der Waals surface area contributed by atoms with Crippen LogP contribution in [0.4, 0.5) is 0 Å². The lowest BCUT2D eigenvalue weighted by molar-refractivity contribution is 0.0342. The Kier molecular flexibility index (Phi) is 4.03. The maximum atomic E-state index is 6.21. The van der Waals surface area contributed by atoms with Gasteiger partial charge in [-0.2, -0.15) is 0 Å². The highest BCUT2D eigenvalue weighted by Gasteiger charge is 2.12. The van der Waals surface area contributed by atoms with Crippen LogP contribution in [-0.4, -0.2) is 31.2 Å². The molecule has 82 valence electrons. The molecule has 2 nitrogen and oxygen atoms in total. The summed E-state index contributed by atoms with van der Waals surface area (Å²) in [6.07, 6.45) is 0. The van der Waals surface area contributed by atoms with Crippen LogP contribution in [-0.2, 0) is 11.3 Å². The van der Waals surface area contributed by atoms with Crippen LogP contribution in [0.3, 0.4) is 0 Å². The Balaban J connectivity index is 2.06. The van der Waals surface area contributed by atoms with Crippen molar-refractivity contribution in [3.8, 4) is 0 Å². The highest BCUT2D eigenvalue weighted by molar-refractivity contribution is 9.10. The Morgan fingerprint density at radius 1 is 1.33 bits per heavy atom. The van der Waals surface area contributed by atoms with Crippen molar-refractivity contribution in [2.75, 3.05) is 26.3 Å². The van der Waals surface area contributed by atoms with E-state index in [1.54, 1.807) is 0 Å². The Hall–Kier alpha value is -0.0900. The van der Waals surface area contributed by atoms with E-state index in [0.29, 0.717) is 0 Å². The summed E-state index contributed by atoms with van der Waals surface area (Å²) in [5.74, 6) is 0. The number of hydrogen-bond acceptors (Lipinski definition) is 2. The quantitative estimate of drug-likeness (QED) is 0.830. The van der Waals surface area contributed by atoms with Crippen molar-refractivity contribution in [2.24, 2.45) is 0 Å². The minimum absolute atomic E-state index is 0.823. The Morgan fingerprint density at radius 3 is 2.80 bits per heavy atom. The zero-order chi connectivity index (χ0) is 10.7. The monoisotopic (exact) mass is 289 g/mol. The predicted molar refractivity (Wildman–Crippen MR) is 65.2 cm³/mol. The van der Waals surface area contributed by atoms with E-state index in [4.69, 9.17) is 16.3 Å². The average molecular weight is 291 g/mol. The summed E-state index contributed by atoms with van der Waals surface area (Å²) < 4.78 is 6.27. The Bertz CT molecular complexity index is 339. The molecular weight excluding hydrogens is 277 g/mol. The van der Waals surface area contributed by atoms with Gasteiger partial charge in [0.25, 0.3) is 0 Å². The summed E-state index contributed by atoms with van der Waals surface area (Å²) >= 11 is 9.64. The van der Waals surface area contributed by atoms with Gasteiger partial charge >= 0.3 is 0 Å². The lowest BCUT2D eigenvalue weighted by Gasteiger charge is -2.26. The summed E-state index contributed by atoms with van der Waals surface area (Å²) in [6.45, 7) is 4.53. The second kappa shape index (κ2) is 5.30. The predicted octanol–water partition coefficient (Wildman–Crippen LogP) is 2.93. The first-order valence-corrected chi connectivity index (χ1v) is 6.17. The minimum Gasteiger partial charge on any atom is -0.379 e. The first kappa shape index (κ1) is 11.4. The van der Waals surface area contributed by atoms with E-state index >= 15 is 0 Å². The van der Waals surface area contributed by atoms with Crippen LogP contribution in [0.5, 0.6) is 0 Å². The Labute approximate surface area is 103 Å². The van der Waals surface area contributed by atoms with Gasteiger partial charge in [-0.25, -0.2) is 0 Å². The molecule has 2 rings (SSSR count). The summed E-state index contributed by atoms with van der Waals surface area (Å²) in [4.78, 5) is 2.36. The first-order chi connectivity index (χ1) is 7.27. The summed E-state index contributed by atoms with van der Waals surface area (Å²) in [7, 11) is 0. The van der Waals surface area contributed by atoms with Crippen molar-refractivity contribution >= 4 is 27.5 Å². The fourth-order valence-electron chi connectivity index (χ4n) is 1.67. The number of ether oxygens (including phenoxy) is 1. The van der Waals surface area contributed by atoms with Crippen molar-refractivity contribution in [1.82, 2.24) is 4.90 Å². The number of rotatable bonds is 2. The molecule has 1 fully saturated rings. The third-order valence-corrected chi connectivity index (χ3v) is 3.86. The molecule has 4 heteroatoms. The van der Waals surface area contributed by atoms with E-state index in [0.717, 1.165) is 42.3 Å². The molecule has 1 aliphatic rings. The number of halogens is 2. The molecule has 0 spiro atoms. The second-order valence-electron chi connectivity index (χ2n) is 3.60. The molecule has 1 aliphatic heterocycles. The van der Waals surface area contributed by atoms with E-state index in [1.165, 1.54) is 5.56 Å². The van der Waals surface area contributed by atoms with Gasteiger partial charge in [-0.1, -0.05) is 23.7 Å². The van der Waals surface area contributed by atoms with Gasteiger partial charge in [0.2, 0.25) is 0 Å². The number of morpholine rings is 1. The summed E-state index contributed by atoms with van der Waals surface area (Å²) in [5.41, 5.74) is 1.17. The van der Waals surface area contributed by atoms with Crippen LogP contribution in [0.15, 0.2) is 22.7 Å². The zero-order valence-electron chi connectivity index (χ0n) is 8.38. The largest absolute Gasteiger partial charge is 0.379 e. The van der Waals surface area contributed by atoms with Crippen molar-refractivity contribution < 1.29 is 4.74 Å². The molecule has 0 amide bonds. The van der Waals surface area contributed by atoms with Crippen LogP contribution >= 0.6 is 27.5 Å². The van der Waals surface area contributed by atoms with Gasteiger partial charge in [0, 0.05) is 24.1 Å². The van der Waals surface area contributed by atoms with E-state index in [-0.39, 0.29) is 0 Å². The van der Waals surface area contributed by atoms with E-state index in [9.17, 15) is 0 Å². The standard InChI is InChI=1S/C11H13BrClNO/c12-10-3-1-2-9(11(10)13)8-14-4-6-15-7-5-14/h1-3H,4-8H2. The molecule has 1 aromatic rings. The highest BCUT2D eigenvalue weighted by Crippen LogP contribution is 2.27. The van der Waals surface area contributed by atoms with Gasteiger partial charge in [-0.05, 0) is 27.6 Å². The van der Waals surface area contributed by atoms with Crippen molar-refractivity contribution in [3.05, 3.63) is 33.3 Å². The number of nitrogens with zero attached hydrogens (tertiary/aromatic N) is 1. The third kappa shape index (κ3) is 2.94. The van der Waals surface area contributed by atoms with Crippen LogP contribution in [0.2, 0.25) is 5.02 Å². The fraction of sp³-hybridized carbons (Fsp3) is 0.455. The zero-order valence-corrected chi connectivity index (χ0v) is 10.7. The Morgan fingerprint density at radius 2 is 2.07 bits per heavy atom. The lowest BCUT2D eigenvalue weighted by Crippen LogP contribution is -2.35. The molecule has 15 heavy (non-hydrogen) atoms. The van der Waals surface area contributed by atoms with Gasteiger partial charge in [0.05, 0.1) is 18.2 Å². The molecule has 1 saturated heterocycles. The number of benzene rings is 1. The molecule has 1 heterocycles. The van der Waals surface area contributed by atoms with Gasteiger partial charge < -0.3 is 4.74 Å². The van der Waals surface area contributed by atoms with Crippen LogP contribution in [0.1, 0.15) is 5.56 Å². The van der Waals surface area contributed by atoms with E-state index < -0.39 is 0 Å². The van der Waals surface area contributed by atoms with Gasteiger partial charge in [-0.15, -0.1) is 0 Å². The average Bonchev–Trinajstić information content (AvgIpc) is 2.26. The molecule has 0 radical (unpaired) electrons. The van der Waals surface area contributed by atoms with E-state index in [2.05, 4.69) is 26.9 Å². The van der Waals surface area contributed by atoms with Gasteiger partial charge in [0.15, 0.2) is 0 Å². The highest BCUT2D eigenvalue weighted by atomic mass is 79.9. The van der Waals surface area contributed by atoms with Crippen molar-refractivity contribution in [2.45, 2.75) is 6.54 Å². The molecule has 0 N–H and O–H groups in total. The summed E-state index contributed by atoms with van der Waals surface area (Å²) in [5, 5.41) is 0.823. The van der Waals surface area contributed by atoms with Gasteiger partial charge in [-0.3, -0.25) is 4.90 Å². The molecule has 0 aliphatic carbocycles. The lowest BCUT2D eigenvalue weighted by atomic mass is 10.2. The molecule has 1 aromatic carbocycles. The van der Waals surface area contributed by atoms with Crippen LogP contribution in [0, 0.1) is 0 Å². The molecule has 0 unspecified atom stereocenters. The van der Waals surface area contributed by atoms with E-state index in [1.807, 2.05) is 12.1 Å². The molecular formula is C11H13BrClNO. The summed E-state index contributed by atoms with van der Waals surface area (Å²) in [6, 6.07) is 6.06. The smallest absolute Gasteiger partial charge is 0.0594 e. The molecule has 0 aromatic heterocycles.